The van der Waals surface area contributed by atoms with Crippen molar-refractivity contribution in [2.45, 2.75) is 38.1 Å². The third kappa shape index (κ3) is 2.26. The number of fused-ring (bicyclic) bond motifs is 1. The molecule has 0 spiro atoms. The average molecular weight is 287 g/mol. The summed E-state index contributed by atoms with van der Waals surface area (Å²) in [4.78, 5) is 0. The quantitative estimate of drug-likeness (QED) is 0.781. The predicted molar refractivity (Wildman–Crippen MR) is 80.1 cm³/mol. The van der Waals surface area contributed by atoms with Gasteiger partial charge in [-0.05, 0) is 48.9 Å². The zero-order valence-corrected chi connectivity index (χ0v) is 12.1. The number of halogens is 2. The predicted octanol–water partition coefficient (Wildman–Crippen LogP) is 4.20. The van der Waals surface area contributed by atoms with Crippen LogP contribution in [0.1, 0.15) is 41.5 Å². The second kappa shape index (κ2) is 5.23. The molecule has 0 saturated carbocycles. The number of hydrogen-bond donors (Lipinski definition) is 1. The maximum atomic E-state index is 14.6. The van der Waals surface area contributed by atoms with Gasteiger partial charge in [0, 0.05) is 5.56 Å². The van der Waals surface area contributed by atoms with Crippen LogP contribution in [0.3, 0.4) is 0 Å². The molecular weight excluding hydrogens is 268 g/mol. The molecule has 1 aliphatic rings. The first kappa shape index (κ1) is 14.2. The smallest absolute Gasteiger partial charge is 0.134 e. The van der Waals surface area contributed by atoms with Gasteiger partial charge >= 0.3 is 0 Å². The van der Waals surface area contributed by atoms with Gasteiger partial charge in [-0.2, -0.15) is 0 Å². The van der Waals surface area contributed by atoms with E-state index in [2.05, 4.69) is 0 Å². The fourth-order valence-electron chi connectivity index (χ4n) is 3.35. The number of aryl methyl sites for hydroxylation is 2. The van der Waals surface area contributed by atoms with Gasteiger partial charge in [0.05, 0.1) is 5.54 Å². The third-order valence-corrected chi connectivity index (χ3v) is 4.50. The molecule has 21 heavy (non-hydrogen) atoms. The Bertz CT molecular complexity index is 681. The maximum absolute atomic E-state index is 14.6. The third-order valence-electron chi connectivity index (χ3n) is 4.50. The lowest BCUT2D eigenvalue weighted by Gasteiger charge is -2.32. The molecular formula is C18H19F2N. The molecule has 0 saturated heterocycles. The molecule has 3 heteroatoms. The Morgan fingerprint density at radius 3 is 2.62 bits per heavy atom. The maximum Gasteiger partial charge on any atom is 0.134 e. The lowest BCUT2D eigenvalue weighted by atomic mass is 9.78. The van der Waals surface area contributed by atoms with Gasteiger partial charge in [-0.15, -0.1) is 0 Å². The van der Waals surface area contributed by atoms with Gasteiger partial charge in [-0.25, -0.2) is 8.78 Å². The summed E-state index contributed by atoms with van der Waals surface area (Å²) in [6.07, 6.45) is 3.31. The van der Waals surface area contributed by atoms with Gasteiger partial charge in [0.1, 0.15) is 11.6 Å². The van der Waals surface area contributed by atoms with Crippen molar-refractivity contribution in [3.8, 4) is 0 Å². The topological polar surface area (TPSA) is 26.0 Å². The van der Waals surface area contributed by atoms with Gasteiger partial charge in [0.2, 0.25) is 0 Å². The van der Waals surface area contributed by atoms with Crippen LogP contribution in [0, 0.1) is 18.6 Å². The number of rotatable bonds is 1. The summed E-state index contributed by atoms with van der Waals surface area (Å²) < 4.78 is 29.0. The van der Waals surface area contributed by atoms with E-state index in [1.165, 1.54) is 12.1 Å². The van der Waals surface area contributed by atoms with Crippen molar-refractivity contribution in [2.75, 3.05) is 0 Å². The van der Waals surface area contributed by atoms with E-state index in [-0.39, 0.29) is 5.56 Å². The SMILES string of the molecule is Cc1ccc(F)c(C2(N)CCCCc3ccccc32)c1F. The van der Waals surface area contributed by atoms with Crippen LogP contribution in [0.15, 0.2) is 36.4 Å². The van der Waals surface area contributed by atoms with Crippen molar-refractivity contribution in [1.82, 2.24) is 0 Å². The highest BCUT2D eigenvalue weighted by Crippen LogP contribution is 2.40. The van der Waals surface area contributed by atoms with E-state index in [9.17, 15) is 8.78 Å². The number of nitrogens with two attached hydrogens (primary N) is 1. The molecule has 110 valence electrons. The zero-order chi connectivity index (χ0) is 15.0. The molecule has 3 rings (SSSR count). The van der Waals surface area contributed by atoms with Crippen LogP contribution in [-0.2, 0) is 12.0 Å². The minimum absolute atomic E-state index is 0.0110. The Morgan fingerprint density at radius 2 is 1.81 bits per heavy atom. The van der Waals surface area contributed by atoms with Crippen LogP contribution >= 0.6 is 0 Å². The summed E-state index contributed by atoms with van der Waals surface area (Å²) in [7, 11) is 0. The van der Waals surface area contributed by atoms with E-state index in [1.807, 2.05) is 24.3 Å². The van der Waals surface area contributed by atoms with Crippen LogP contribution in [0.25, 0.3) is 0 Å². The fourth-order valence-corrected chi connectivity index (χ4v) is 3.35. The first-order valence-corrected chi connectivity index (χ1v) is 7.36. The average Bonchev–Trinajstić information content (AvgIpc) is 2.64. The lowest BCUT2D eigenvalue weighted by Crippen LogP contribution is -2.40. The Kier molecular flexibility index (Phi) is 3.54. The normalized spacial score (nSPS) is 21.7. The van der Waals surface area contributed by atoms with Crippen molar-refractivity contribution < 1.29 is 8.78 Å². The van der Waals surface area contributed by atoms with Crippen molar-refractivity contribution in [3.63, 3.8) is 0 Å². The number of benzene rings is 2. The Labute approximate surface area is 123 Å². The van der Waals surface area contributed by atoms with Crippen molar-refractivity contribution in [1.29, 1.82) is 0 Å². The molecule has 0 fully saturated rings. The minimum atomic E-state index is -1.09. The van der Waals surface area contributed by atoms with Crippen LogP contribution < -0.4 is 5.73 Å². The molecule has 1 unspecified atom stereocenters. The fraction of sp³-hybridized carbons (Fsp3) is 0.333. The van der Waals surface area contributed by atoms with Crippen LogP contribution in [0.2, 0.25) is 0 Å². The minimum Gasteiger partial charge on any atom is -0.318 e. The Morgan fingerprint density at radius 1 is 1.05 bits per heavy atom. The van der Waals surface area contributed by atoms with E-state index in [1.54, 1.807) is 6.92 Å². The summed E-state index contributed by atoms with van der Waals surface area (Å²) in [5.74, 6) is -1.08. The first-order chi connectivity index (χ1) is 10.0. The van der Waals surface area contributed by atoms with Gasteiger partial charge in [-0.1, -0.05) is 36.8 Å². The molecule has 0 radical (unpaired) electrons. The van der Waals surface area contributed by atoms with E-state index in [4.69, 9.17) is 5.73 Å². The Balaban J connectivity index is 2.28. The van der Waals surface area contributed by atoms with E-state index in [0.29, 0.717) is 12.0 Å². The van der Waals surface area contributed by atoms with Crippen molar-refractivity contribution in [3.05, 3.63) is 70.3 Å². The monoisotopic (exact) mass is 287 g/mol. The summed E-state index contributed by atoms with van der Waals surface area (Å²) in [5, 5.41) is 0. The van der Waals surface area contributed by atoms with Gasteiger partial charge in [0.25, 0.3) is 0 Å². The van der Waals surface area contributed by atoms with Gasteiger partial charge in [-0.3, -0.25) is 0 Å². The molecule has 2 aromatic rings. The lowest BCUT2D eigenvalue weighted by molar-refractivity contribution is 0.421. The molecule has 1 aliphatic carbocycles. The highest BCUT2D eigenvalue weighted by atomic mass is 19.1. The van der Waals surface area contributed by atoms with Gasteiger partial charge in [0.15, 0.2) is 0 Å². The first-order valence-electron chi connectivity index (χ1n) is 7.36. The van der Waals surface area contributed by atoms with E-state index >= 15 is 0 Å². The van der Waals surface area contributed by atoms with Crippen LogP contribution in [-0.4, -0.2) is 0 Å². The van der Waals surface area contributed by atoms with Crippen molar-refractivity contribution >= 4 is 0 Å². The second-order valence-corrected chi connectivity index (χ2v) is 5.89. The zero-order valence-electron chi connectivity index (χ0n) is 12.1. The standard InChI is InChI=1S/C18H19F2N/c1-12-9-10-15(19)16(17(12)20)18(21)11-5-4-7-13-6-2-3-8-14(13)18/h2-3,6,8-10H,4-5,7,11,21H2,1H3. The van der Waals surface area contributed by atoms with Crippen LogP contribution in [0.4, 0.5) is 8.78 Å². The molecule has 2 aromatic carbocycles. The molecule has 0 aliphatic heterocycles. The molecule has 2 N–H and O–H groups in total. The van der Waals surface area contributed by atoms with Crippen LogP contribution in [0.5, 0.6) is 0 Å². The Hall–Kier alpha value is -1.74. The van der Waals surface area contributed by atoms with E-state index < -0.39 is 17.2 Å². The molecule has 1 atom stereocenters. The molecule has 0 heterocycles. The summed E-state index contributed by atoms with van der Waals surface area (Å²) in [6.45, 7) is 1.64. The molecule has 0 bridgehead atoms. The highest BCUT2D eigenvalue weighted by molar-refractivity contribution is 5.45. The van der Waals surface area contributed by atoms with Gasteiger partial charge < -0.3 is 5.73 Å². The molecule has 0 aromatic heterocycles. The van der Waals surface area contributed by atoms with E-state index in [0.717, 1.165) is 30.4 Å². The van der Waals surface area contributed by atoms with Crippen molar-refractivity contribution in [2.24, 2.45) is 5.73 Å². The summed E-state index contributed by atoms with van der Waals surface area (Å²) in [5.41, 5.74) is 7.88. The summed E-state index contributed by atoms with van der Waals surface area (Å²) in [6, 6.07) is 10.5. The molecule has 1 nitrogen and oxygen atoms in total. The summed E-state index contributed by atoms with van der Waals surface area (Å²) >= 11 is 0. The molecule has 0 amide bonds. The largest absolute Gasteiger partial charge is 0.318 e. The highest BCUT2D eigenvalue weighted by Gasteiger charge is 2.37. The number of hydrogen-bond acceptors (Lipinski definition) is 1. The second-order valence-electron chi connectivity index (χ2n) is 5.89.